The molecule has 1 heterocycles. The van der Waals surface area contributed by atoms with Crippen LogP contribution in [0, 0.1) is 0 Å². The molecule has 1 rings (SSSR count). The molecule has 0 radical (unpaired) electrons. The van der Waals surface area contributed by atoms with Crippen LogP contribution in [0.2, 0.25) is 0 Å². The topological polar surface area (TPSA) is 35.5 Å². The van der Waals surface area contributed by atoms with Crippen LogP contribution in [-0.2, 0) is 14.3 Å². The zero-order chi connectivity index (χ0) is 8.81. The molecule has 68 valence electrons. The van der Waals surface area contributed by atoms with E-state index in [1.54, 1.807) is 13.2 Å². The third-order valence-corrected chi connectivity index (χ3v) is 1.73. The lowest BCUT2D eigenvalue weighted by molar-refractivity contribution is -0.153. The smallest absolute Gasteiger partial charge is 0.347 e. The van der Waals surface area contributed by atoms with Crippen molar-refractivity contribution in [3.63, 3.8) is 0 Å². The lowest BCUT2D eigenvalue weighted by Crippen LogP contribution is -2.24. The highest BCUT2D eigenvalue weighted by molar-refractivity contribution is 5.74. The summed E-state index contributed by atoms with van der Waals surface area (Å²) in [5, 5.41) is 0. The van der Waals surface area contributed by atoms with Gasteiger partial charge in [-0.15, -0.1) is 0 Å². The lowest BCUT2D eigenvalue weighted by atomic mass is 10.2. The summed E-state index contributed by atoms with van der Waals surface area (Å²) in [5.74, 6) is -0.246. The first-order valence-corrected chi connectivity index (χ1v) is 4.31. The molecule has 0 spiro atoms. The van der Waals surface area contributed by atoms with Crippen molar-refractivity contribution in [1.82, 2.24) is 0 Å². The molecule has 0 aromatic carbocycles. The van der Waals surface area contributed by atoms with Crippen molar-refractivity contribution in [2.45, 2.75) is 32.3 Å². The fraction of sp³-hybridized carbons (Fsp3) is 0.667. The molecular weight excluding hydrogens is 156 g/mol. The van der Waals surface area contributed by atoms with Gasteiger partial charge in [0.2, 0.25) is 0 Å². The van der Waals surface area contributed by atoms with Crippen LogP contribution in [0.3, 0.4) is 0 Å². The Morgan fingerprint density at radius 3 is 3.33 bits per heavy atom. The van der Waals surface area contributed by atoms with Crippen LogP contribution in [-0.4, -0.2) is 18.7 Å². The molecule has 0 aromatic rings. The van der Waals surface area contributed by atoms with Gasteiger partial charge in [-0.05, 0) is 32.3 Å². The molecule has 1 unspecified atom stereocenters. The van der Waals surface area contributed by atoms with Crippen LogP contribution in [0.4, 0.5) is 0 Å². The normalized spacial score (nSPS) is 22.6. The number of hydrogen-bond donors (Lipinski definition) is 0. The maximum Gasteiger partial charge on any atom is 0.347 e. The molecule has 0 aromatic heterocycles. The largest absolute Gasteiger partial charge is 0.487 e. The minimum absolute atomic E-state index is 0.246. The van der Waals surface area contributed by atoms with Gasteiger partial charge in [0.1, 0.15) is 0 Å². The third kappa shape index (κ3) is 2.57. The average Bonchev–Trinajstić information content (AvgIpc) is 2.32. The maximum atomic E-state index is 11.2. The quantitative estimate of drug-likeness (QED) is 0.591. The predicted octanol–water partition coefficient (Wildman–Crippen LogP) is 1.63. The molecule has 12 heavy (non-hydrogen) atoms. The first-order valence-electron chi connectivity index (χ1n) is 4.31. The molecule has 0 N–H and O–H groups in total. The van der Waals surface area contributed by atoms with Crippen LogP contribution in [0.1, 0.15) is 26.2 Å². The van der Waals surface area contributed by atoms with Gasteiger partial charge in [0, 0.05) is 0 Å². The van der Waals surface area contributed by atoms with Crippen LogP contribution in [0.5, 0.6) is 0 Å². The van der Waals surface area contributed by atoms with Gasteiger partial charge in [-0.3, -0.25) is 0 Å². The summed E-state index contributed by atoms with van der Waals surface area (Å²) in [4.78, 5) is 11.2. The Hall–Kier alpha value is -0.990. The van der Waals surface area contributed by atoms with Crippen molar-refractivity contribution in [3.8, 4) is 0 Å². The second-order valence-corrected chi connectivity index (χ2v) is 2.68. The molecule has 3 heteroatoms. The standard InChI is InChI=1S/C9H14O3/c1-2-11-9(10)8-6-4-3-5-7-12-8/h5,7-8H,2-4,6H2,1H3. The van der Waals surface area contributed by atoms with Gasteiger partial charge in [-0.25, -0.2) is 4.79 Å². The van der Waals surface area contributed by atoms with Gasteiger partial charge in [0.25, 0.3) is 0 Å². The molecule has 3 nitrogen and oxygen atoms in total. The minimum atomic E-state index is -0.385. The summed E-state index contributed by atoms with van der Waals surface area (Å²) in [5.41, 5.74) is 0. The van der Waals surface area contributed by atoms with Gasteiger partial charge in [0.05, 0.1) is 12.9 Å². The number of hydrogen-bond acceptors (Lipinski definition) is 3. The van der Waals surface area contributed by atoms with E-state index in [1.165, 1.54) is 0 Å². The third-order valence-electron chi connectivity index (χ3n) is 1.73. The minimum Gasteiger partial charge on any atom is -0.487 e. The zero-order valence-corrected chi connectivity index (χ0v) is 7.29. The van der Waals surface area contributed by atoms with Crippen LogP contribution in [0.15, 0.2) is 12.3 Å². The van der Waals surface area contributed by atoms with E-state index in [2.05, 4.69) is 0 Å². The highest BCUT2D eigenvalue weighted by atomic mass is 16.6. The fourth-order valence-electron chi connectivity index (χ4n) is 1.12. The molecule has 1 atom stereocenters. The Bertz CT molecular complexity index is 175. The molecule has 0 bridgehead atoms. The summed E-state index contributed by atoms with van der Waals surface area (Å²) in [6, 6.07) is 0. The Kier molecular flexibility index (Phi) is 3.64. The van der Waals surface area contributed by atoms with Gasteiger partial charge in [0.15, 0.2) is 6.10 Å². The van der Waals surface area contributed by atoms with E-state index in [0.717, 1.165) is 19.3 Å². The summed E-state index contributed by atoms with van der Waals surface area (Å²) in [7, 11) is 0. The lowest BCUT2D eigenvalue weighted by Gasteiger charge is -2.12. The fourth-order valence-corrected chi connectivity index (χ4v) is 1.12. The SMILES string of the molecule is CCOC(=O)C1CCCC=CO1. The van der Waals surface area contributed by atoms with Crippen LogP contribution < -0.4 is 0 Å². The van der Waals surface area contributed by atoms with Gasteiger partial charge in [-0.1, -0.05) is 0 Å². The van der Waals surface area contributed by atoms with Crippen molar-refractivity contribution in [2.75, 3.05) is 6.61 Å². The first-order chi connectivity index (χ1) is 5.84. The maximum absolute atomic E-state index is 11.2. The number of allylic oxidation sites excluding steroid dienone is 1. The van der Waals surface area contributed by atoms with E-state index in [-0.39, 0.29) is 12.1 Å². The van der Waals surface area contributed by atoms with E-state index < -0.39 is 0 Å². The van der Waals surface area contributed by atoms with Crippen molar-refractivity contribution in [1.29, 1.82) is 0 Å². The van der Waals surface area contributed by atoms with Crippen LogP contribution >= 0.6 is 0 Å². The van der Waals surface area contributed by atoms with Crippen molar-refractivity contribution < 1.29 is 14.3 Å². The number of carbonyl (C=O) groups is 1. The molecule has 0 saturated heterocycles. The van der Waals surface area contributed by atoms with Gasteiger partial charge >= 0.3 is 5.97 Å². The molecule has 0 amide bonds. The van der Waals surface area contributed by atoms with E-state index in [4.69, 9.17) is 9.47 Å². The Morgan fingerprint density at radius 1 is 1.75 bits per heavy atom. The molecule has 1 aliphatic rings. The zero-order valence-electron chi connectivity index (χ0n) is 7.29. The Morgan fingerprint density at radius 2 is 2.58 bits per heavy atom. The molecule has 0 saturated carbocycles. The summed E-state index contributed by atoms with van der Waals surface area (Å²) >= 11 is 0. The second kappa shape index (κ2) is 4.80. The highest BCUT2D eigenvalue weighted by Gasteiger charge is 2.20. The highest BCUT2D eigenvalue weighted by Crippen LogP contribution is 2.12. The summed E-state index contributed by atoms with van der Waals surface area (Å²) in [6.45, 7) is 2.22. The van der Waals surface area contributed by atoms with E-state index in [9.17, 15) is 4.79 Å². The number of rotatable bonds is 2. The summed E-state index contributed by atoms with van der Waals surface area (Å²) < 4.78 is 10.0. The predicted molar refractivity (Wildman–Crippen MR) is 44.5 cm³/mol. The number of esters is 1. The molecule has 0 fully saturated rings. The Labute approximate surface area is 72.4 Å². The molecular formula is C9H14O3. The molecule has 1 aliphatic heterocycles. The number of ether oxygens (including phenoxy) is 2. The van der Waals surface area contributed by atoms with Gasteiger partial charge < -0.3 is 9.47 Å². The van der Waals surface area contributed by atoms with E-state index in [1.807, 2.05) is 6.08 Å². The van der Waals surface area contributed by atoms with Gasteiger partial charge in [-0.2, -0.15) is 0 Å². The second-order valence-electron chi connectivity index (χ2n) is 2.68. The van der Waals surface area contributed by atoms with Crippen molar-refractivity contribution in [2.24, 2.45) is 0 Å². The number of carbonyl (C=O) groups excluding carboxylic acids is 1. The van der Waals surface area contributed by atoms with Crippen LogP contribution in [0.25, 0.3) is 0 Å². The van der Waals surface area contributed by atoms with E-state index in [0.29, 0.717) is 6.61 Å². The molecule has 0 aliphatic carbocycles. The van der Waals surface area contributed by atoms with Crippen molar-refractivity contribution >= 4 is 5.97 Å². The Balaban J connectivity index is 2.38. The average molecular weight is 170 g/mol. The van der Waals surface area contributed by atoms with Crippen molar-refractivity contribution in [3.05, 3.63) is 12.3 Å². The summed E-state index contributed by atoms with van der Waals surface area (Å²) in [6.07, 6.45) is 5.86. The monoisotopic (exact) mass is 170 g/mol. The van der Waals surface area contributed by atoms with E-state index >= 15 is 0 Å². The first kappa shape index (κ1) is 9.10.